The number of carboxylic acid groups (broad SMARTS) is 1. The van der Waals surface area contributed by atoms with Gasteiger partial charge in [0, 0.05) is 16.9 Å². The first-order valence-electron chi connectivity index (χ1n) is 6.99. The molecule has 4 N–H and O–H groups in total. The van der Waals surface area contributed by atoms with Crippen LogP contribution in [0.25, 0.3) is 0 Å². The molecule has 0 radical (unpaired) electrons. The third-order valence-corrected chi connectivity index (χ3v) is 3.49. The fourth-order valence-electron chi connectivity index (χ4n) is 2.39. The molecule has 1 aromatic rings. The molecule has 8 nitrogen and oxygen atoms in total. The molecule has 2 heterocycles. The molecule has 1 amide bonds. The van der Waals surface area contributed by atoms with Crippen LogP contribution < -0.4 is 10.0 Å². The monoisotopic (exact) mass is 309 g/mol. The number of hydrogen-bond donors (Lipinski definition) is 4. The zero-order chi connectivity index (χ0) is 16.1. The van der Waals surface area contributed by atoms with E-state index in [0.29, 0.717) is 18.5 Å². The molecule has 0 unspecified atom stereocenters. The number of pyridine rings is 1. The van der Waals surface area contributed by atoms with Gasteiger partial charge in [-0.15, -0.1) is 0 Å². The molecule has 22 heavy (non-hydrogen) atoms. The average molecular weight is 309 g/mol. The Balaban J connectivity index is 1.85. The second kappa shape index (κ2) is 7.23. The van der Waals surface area contributed by atoms with Gasteiger partial charge < -0.3 is 20.1 Å². The molecule has 0 aliphatic carbocycles. The largest absolute Gasteiger partial charge is 0.481 e. The predicted octanol–water partition coefficient (Wildman–Crippen LogP) is -1.09. The summed E-state index contributed by atoms with van der Waals surface area (Å²) in [5.41, 5.74) is 0.412. The highest BCUT2D eigenvalue weighted by atomic mass is 16.5. The molecular formula is C13H18BN2O6+. The summed E-state index contributed by atoms with van der Waals surface area (Å²) in [7, 11) is -1.24. The van der Waals surface area contributed by atoms with E-state index >= 15 is 0 Å². The van der Waals surface area contributed by atoms with Crippen LogP contribution in [-0.4, -0.2) is 46.4 Å². The van der Waals surface area contributed by atoms with E-state index in [4.69, 9.17) is 9.76 Å². The van der Waals surface area contributed by atoms with E-state index in [1.807, 2.05) is 0 Å². The summed E-state index contributed by atoms with van der Waals surface area (Å²) in [6, 6.07) is 4.93. The van der Waals surface area contributed by atoms with Crippen LogP contribution in [0.15, 0.2) is 24.4 Å². The number of aliphatic carboxylic acids is 1. The number of rotatable bonds is 5. The zero-order valence-electron chi connectivity index (χ0n) is 11.9. The summed E-state index contributed by atoms with van der Waals surface area (Å²) >= 11 is 0. The third-order valence-electron chi connectivity index (χ3n) is 3.49. The van der Waals surface area contributed by atoms with Gasteiger partial charge in [0.2, 0.25) is 17.8 Å². The van der Waals surface area contributed by atoms with Crippen LogP contribution in [0, 0.1) is 0 Å². The number of aromatic nitrogens is 1. The van der Waals surface area contributed by atoms with E-state index in [9.17, 15) is 19.8 Å². The van der Waals surface area contributed by atoms with E-state index in [0.717, 1.165) is 4.73 Å². The molecule has 2 rings (SSSR count). The van der Waals surface area contributed by atoms with E-state index < -0.39 is 25.1 Å². The van der Waals surface area contributed by atoms with Crippen LogP contribution in [0.2, 0.25) is 0 Å². The van der Waals surface area contributed by atoms with E-state index in [1.165, 1.54) is 6.20 Å². The fraction of sp³-hybridized carbons (Fsp3) is 0.462. The second-order valence-corrected chi connectivity index (χ2v) is 5.21. The van der Waals surface area contributed by atoms with Gasteiger partial charge in [-0.05, 0) is 18.9 Å². The predicted molar refractivity (Wildman–Crippen MR) is 73.8 cm³/mol. The van der Waals surface area contributed by atoms with Crippen molar-refractivity contribution in [2.75, 3.05) is 0 Å². The molecular weight excluding hydrogens is 291 g/mol. The number of carbonyl (C=O) groups is 2. The highest BCUT2D eigenvalue weighted by Gasteiger charge is 2.36. The summed E-state index contributed by atoms with van der Waals surface area (Å²) in [5.74, 6) is -1.94. The van der Waals surface area contributed by atoms with Crippen LogP contribution >= 0.6 is 0 Å². The molecule has 2 atom stereocenters. The molecule has 0 aromatic carbocycles. The number of carbonyl (C=O) groups excluding carboxylic acids is 1. The molecule has 1 saturated heterocycles. The van der Waals surface area contributed by atoms with Gasteiger partial charge in [0.05, 0.1) is 18.5 Å². The molecule has 118 valence electrons. The topological polar surface area (TPSA) is 120 Å². The Kier molecular flexibility index (Phi) is 5.34. The van der Waals surface area contributed by atoms with Gasteiger partial charge >= 0.3 is 13.1 Å². The maximum atomic E-state index is 11.9. The molecule has 9 heteroatoms. The summed E-state index contributed by atoms with van der Waals surface area (Å²) in [6.45, 7) is 0. The Labute approximate surface area is 127 Å². The number of carboxylic acids is 1. The average Bonchev–Trinajstić information content (AvgIpc) is 2.44. The van der Waals surface area contributed by atoms with Crippen LogP contribution in [0.1, 0.15) is 25.0 Å². The van der Waals surface area contributed by atoms with Crippen molar-refractivity contribution in [3.05, 3.63) is 30.1 Å². The first kappa shape index (κ1) is 16.2. The van der Waals surface area contributed by atoms with Crippen LogP contribution in [0.4, 0.5) is 0 Å². The molecule has 1 aromatic heterocycles. The second-order valence-electron chi connectivity index (χ2n) is 5.21. The van der Waals surface area contributed by atoms with E-state index in [1.54, 1.807) is 18.2 Å². The number of nitrogens with one attached hydrogen (secondary N) is 1. The van der Waals surface area contributed by atoms with Crippen LogP contribution in [0.5, 0.6) is 0 Å². The first-order valence-corrected chi connectivity index (χ1v) is 6.99. The minimum atomic E-state index is -1.24. The zero-order valence-corrected chi connectivity index (χ0v) is 11.9. The third kappa shape index (κ3) is 4.44. The Hall–Kier alpha value is -2.13. The van der Waals surface area contributed by atoms with Crippen molar-refractivity contribution in [3.8, 4) is 0 Å². The van der Waals surface area contributed by atoms with Crippen molar-refractivity contribution in [1.82, 2.24) is 5.32 Å². The molecule has 0 saturated carbocycles. The van der Waals surface area contributed by atoms with Crippen molar-refractivity contribution in [2.45, 2.75) is 37.7 Å². The van der Waals surface area contributed by atoms with E-state index in [2.05, 4.69) is 5.32 Å². The van der Waals surface area contributed by atoms with Crippen molar-refractivity contribution in [3.63, 3.8) is 0 Å². The Bertz CT molecular complexity index is 555. The minimum absolute atomic E-state index is 0.0425. The maximum Gasteiger partial charge on any atom is 0.478 e. The highest BCUT2D eigenvalue weighted by Crippen LogP contribution is 2.18. The van der Waals surface area contributed by atoms with Crippen molar-refractivity contribution in [2.24, 2.45) is 0 Å². The molecule has 1 aliphatic heterocycles. The minimum Gasteiger partial charge on any atom is -0.481 e. The van der Waals surface area contributed by atoms with Crippen LogP contribution in [-0.2, 0) is 20.7 Å². The van der Waals surface area contributed by atoms with Crippen molar-refractivity contribution >= 4 is 19.0 Å². The molecule has 0 spiro atoms. The summed E-state index contributed by atoms with van der Waals surface area (Å²) in [5, 5.41) is 30.7. The lowest BCUT2D eigenvalue weighted by Crippen LogP contribution is -2.53. The standard InChI is InChI=1S/C13H17BN2O6/c17-12(7-9-3-1-2-6-16(9)21)15-11-5-4-10(8-13(18)19)22-14(11)20/h1-3,6,10-11,20H,4-5,7-8H2,(H2-,15,17,18,19,21)/p+1/t10-,11-/m0/s1. The Morgan fingerprint density at radius 2 is 2.18 bits per heavy atom. The van der Waals surface area contributed by atoms with Gasteiger partial charge in [-0.1, -0.05) is 0 Å². The molecule has 0 bridgehead atoms. The van der Waals surface area contributed by atoms with Gasteiger partial charge in [-0.3, -0.25) is 14.8 Å². The number of hydrogen-bond acceptors (Lipinski definition) is 5. The quantitative estimate of drug-likeness (QED) is 0.312. The SMILES string of the molecule is O=C(O)C[C@@H]1CC[C@H](NC(=O)Cc2cccc[n+]2O)B(O)O1. The summed E-state index contributed by atoms with van der Waals surface area (Å²) in [4.78, 5) is 22.6. The first-order chi connectivity index (χ1) is 10.5. The lowest BCUT2D eigenvalue weighted by atomic mass is 9.72. The van der Waals surface area contributed by atoms with E-state index in [-0.39, 0.29) is 18.7 Å². The van der Waals surface area contributed by atoms with Gasteiger partial charge in [0.15, 0.2) is 0 Å². The van der Waals surface area contributed by atoms with Crippen LogP contribution in [0.3, 0.4) is 0 Å². The molecule has 1 aliphatic rings. The lowest BCUT2D eigenvalue weighted by molar-refractivity contribution is -0.909. The van der Waals surface area contributed by atoms with Gasteiger partial charge in [0.25, 0.3) is 0 Å². The highest BCUT2D eigenvalue weighted by molar-refractivity contribution is 6.45. The summed E-state index contributed by atoms with van der Waals surface area (Å²) in [6.07, 6.45) is 1.52. The van der Waals surface area contributed by atoms with Crippen molar-refractivity contribution < 1.29 is 34.3 Å². The lowest BCUT2D eigenvalue weighted by Gasteiger charge is -2.30. The molecule has 1 fully saturated rings. The van der Waals surface area contributed by atoms with Gasteiger partial charge in [-0.2, -0.15) is 0 Å². The number of nitrogens with zero attached hydrogens (tertiary/aromatic N) is 1. The number of amides is 1. The summed E-state index contributed by atoms with van der Waals surface area (Å²) < 4.78 is 6.05. The fourth-order valence-corrected chi connectivity index (χ4v) is 2.39. The smallest absolute Gasteiger partial charge is 0.478 e. The van der Waals surface area contributed by atoms with Gasteiger partial charge in [0.1, 0.15) is 6.42 Å². The van der Waals surface area contributed by atoms with Gasteiger partial charge in [-0.25, -0.2) is 0 Å². The van der Waals surface area contributed by atoms with Crippen molar-refractivity contribution in [1.29, 1.82) is 0 Å². The maximum absolute atomic E-state index is 11.9. The Morgan fingerprint density at radius 3 is 2.82 bits per heavy atom. The Morgan fingerprint density at radius 1 is 1.41 bits per heavy atom. The normalized spacial score (nSPS) is 21.4.